The molecule has 0 aliphatic carbocycles. The van der Waals surface area contributed by atoms with Gasteiger partial charge in [0.1, 0.15) is 5.76 Å². The SMILES string of the molecule is CN(CCC1CCN(c2ccncc2)CC1)C(=NCC1CCOC1)NCCc1ccco1.I. The Balaban J connectivity index is 0.00000306. The maximum absolute atomic E-state index is 5.52. The molecular formula is C25H38IN5O2. The number of furan rings is 1. The summed E-state index contributed by atoms with van der Waals surface area (Å²) < 4.78 is 11.0. The summed E-state index contributed by atoms with van der Waals surface area (Å²) in [6.45, 7) is 6.64. The quantitative estimate of drug-likeness (QED) is 0.280. The fourth-order valence-electron chi connectivity index (χ4n) is 4.52. The number of ether oxygens (including phenoxy) is 1. The van der Waals surface area contributed by atoms with E-state index in [1.54, 1.807) is 6.26 Å². The van der Waals surface area contributed by atoms with Gasteiger partial charge in [-0.3, -0.25) is 9.98 Å². The lowest BCUT2D eigenvalue weighted by atomic mass is 9.93. The molecule has 0 aromatic carbocycles. The van der Waals surface area contributed by atoms with Gasteiger partial charge in [0, 0.05) is 76.8 Å². The lowest BCUT2D eigenvalue weighted by Crippen LogP contribution is -2.42. The van der Waals surface area contributed by atoms with Crippen LogP contribution in [0, 0.1) is 11.8 Å². The molecule has 2 saturated heterocycles. The monoisotopic (exact) mass is 567 g/mol. The predicted octanol–water partition coefficient (Wildman–Crippen LogP) is 4.06. The molecule has 2 aromatic rings. The van der Waals surface area contributed by atoms with E-state index in [0.717, 1.165) is 76.4 Å². The lowest BCUT2D eigenvalue weighted by Gasteiger charge is -2.34. The lowest BCUT2D eigenvalue weighted by molar-refractivity contribution is 0.187. The van der Waals surface area contributed by atoms with Crippen LogP contribution < -0.4 is 10.2 Å². The molecule has 2 aliphatic rings. The molecule has 0 amide bonds. The van der Waals surface area contributed by atoms with Gasteiger partial charge in [-0.15, -0.1) is 24.0 Å². The molecule has 2 fully saturated rings. The van der Waals surface area contributed by atoms with Gasteiger partial charge in [0.15, 0.2) is 5.96 Å². The number of hydrogen-bond acceptors (Lipinski definition) is 5. The number of anilines is 1. The number of aromatic nitrogens is 1. The van der Waals surface area contributed by atoms with Crippen LogP contribution in [0.3, 0.4) is 0 Å². The average molecular weight is 568 g/mol. The first-order valence-electron chi connectivity index (χ1n) is 12.0. The number of rotatable bonds is 9. The van der Waals surface area contributed by atoms with Crippen LogP contribution in [0.25, 0.3) is 0 Å². The summed E-state index contributed by atoms with van der Waals surface area (Å²) in [5.74, 6) is 3.31. The molecule has 7 nitrogen and oxygen atoms in total. The van der Waals surface area contributed by atoms with E-state index in [1.165, 1.54) is 24.9 Å². The minimum Gasteiger partial charge on any atom is -0.469 e. The molecule has 4 rings (SSSR count). The Bertz CT molecular complexity index is 803. The van der Waals surface area contributed by atoms with Gasteiger partial charge in [0.25, 0.3) is 0 Å². The maximum Gasteiger partial charge on any atom is 0.193 e. The van der Waals surface area contributed by atoms with E-state index in [9.17, 15) is 0 Å². The van der Waals surface area contributed by atoms with Crippen molar-refractivity contribution in [1.82, 2.24) is 15.2 Å². The number of halogens is 1. The second kappa shape index (κ2) is 13.8. The molecule has 0 bridgehead atoms. The molecule has 1 N–H and O–H groups in total. The fraction of sp³-hybridized carbons (Fsp3) is 0.600. The van der Waals surface area contributed by atoms with Crippen LogP contribution in [0.15, 0.2) is 52.3 Å². The van der Waals surface area contributed by atoms with E-state index in [4.69, 9.17) is 14.1 Å². The molecule has 33 heavy (non-hydrogen) atoms. The van der Waals surface area contributed by atoms with Gasteiger partial charge >= 0.3 is 0 Å². The van der Waals surface area contributed by atoms with Crippen LogP contribution in [0.4, 0.5) is 5.69 Å². The third-order valence-electron chi connectivity index (χ3n) is 6.63. The van der Waals surface area contributed by atoms with Gasteiger partial charge in [-0.25, -0.2) is 0 Å². The van der Waals surface area contributed by atoms with Crippen LogP contribution >= 0.6 is 24.0 Å². The fourth-order valence-corrected chi connectivity index (χ4v) is 4.52. The maximum atomic E-state index is 5.52. The van der Waals surface area contributed by atoms with E-state index >= 15 is 0 Å². The molecule has 0 saturated carbocycles. The van der Waals surface area contributed by atoms with Crippen LogP contribution in [0.2, 0.25) is 0 Å². The van der Waals surface area contributed by atoms with Crippen molar-refractivity contribution < 1.29 is 9.15 Å². The van der Waals surface area contributed by atoms with Crippen LogP contribution in [0.5, 0.6) is 0 Å². The Morgan fingerprint density at radius 3 is 2.70 bits per heavy atom. The van der Waals surface area contributed by atoms with Crippen LogP contribution in [-0.2, 0) is 11.2 Å². The predicted molar refractivity (Wildman–Crippen MR) is 143 cm³/mol. The standard InChI is InChI=1S/C25H37N5O2.HI/c1-29(14-7-21-8-15-30(16-9-21)23-4-11-26-12-5-23)25(28-19-22-10-18-31-20-22)27-13-6-24-3-2-17-32-24;/h2-5,11-12,17,21-22H,6-10,13-16,18-20H2,1H3,(H,27,28);1H. The molecule has 0 radical (unpaired) electrons. The molecule has 8 heteroatoms. The van der Waals surface area contributed by atoms with Crippen LogP contribution in [-0.4, -0.2) is 68.8 Å². The topological polar surface area (TPSA) is 66.1 Å². The number of pyridine rings is 1. The molecule has 1 atom stereocenters. The number of guanidine groups is 1. The summed E-state index contributed by atoms with van der Waals surface area (Å²) in [6, 6.07) is 8.19. The summed E-state index contributed by atoms with van der Waals surface area (Å²) in [7, 11) is 2.16. The van der Waals surface area contributed by atoms with Crippen molar-refractivity contribution >= 4 is 35.6 Å². The highest BCUT2D eigenvalue weighted by Gasteiger charge is 2.21. The highest BCUT2D eigenvalue weighted by molar-refractivity contribution is 14.0. The van der Waals surface area contributed by atoms with Crippen molar-refractivity contribution in [1.29, 1.82) is 0 Å². The van der Waals surface area contributed by atoms with Crippen molar-refractivity contribution in [3.05, 3.63) is 48.7 Å². The minimum absolute atomic E-state index is 0. The largest absolute Gasteiger partial charge is 0.469 e. The molecule has 4 heterocycles. The summed E-state index contributed by atoms with van der Waals surface area (Å²) in [5, 5.41) is 3.56. The van der Waals surface area contributed by atoms with Gasteiger partial charge in [0.05, 0.1) is 12.9 Å². The smallest absolute Gasteiger partial charge is 0.193 e. The number of aliphatic imine (C=N–C) groups is 1. The highest BCUT2D eigenvalue weighted by atomic mass is 127. The first-order valence-corrected chi connectivity index (χ1v) is 12.0. The van der Waals surface area contributed by atoms with Crippen molar-refractivity contribution in [2.24, 2.45) is 16.8 Å². The van der Waals surface area contributed by atoms with E-state index in [-0.39, 0.29) is 24.0 Å². The van der Waals surface area contributed by atoms with Crippen molar-refractivity contribution in [3.63, 3.8) is 0 Å². The summed E-state index contributed by atoms with van der Waals surface area (Å²) in [6.07, 6.45) is 11.2. The summed E-state index contributed by atoms with van der Waals surface area (Å²) in [4.78, 5) is 13.9. The molecule has 182 valence electrons. The van der Waals surface area contributed by atoms with Gasteiger partial charge in [-0.2, -0.15) is 0 Å². The second-order valence-electron chi connectivity index (χ2n) is 9.00. The third kappa shape index (κ3) is 8.17. The molecule has 1 unspecified atom stereocenters. The van der Waals surface area contributed by atoms with E-state index in [0.29, 0.717) is 5.92 Å². The molecular weight excluding hydrogens is 529 g/mol. The zero-order valence-corrected chi connectivity index (χ0v) is 22.0. The number of piperidine rings is 1. The summed E-state index contributed by atoms with van der Waals surface area (Å²) in [5.41, 5.74) is 1.29. The van der Waals surface area contributed by atoms with E-state index in [2.05, 4.69) is 39.3 Å². The Morgan fingerprint density at radius 2 is 2.00 bits per heavy atom. The highest BCUT2D eigenvalue weighted by Crippen LogP contribution is 2.25. The average Bonchev–Trinajstić information content (AvgIpc) is 3.55. The summed E-state index contributed by atoms with van der Waals surface area (Å²) >= 11 is 0. The third-order valence-corrected chi connectivity index (χ3v) is 6.63. The first-order chi connectivity index (χ1) is 15.8. The van der Waals surface area contributed by atoms with Gasteiger partial charge in [0.2, 0.25) is 0 Å². The Hall–Kier alpha value is -1.81. The number of nitrogens with one attached hydrogen (secondary N) is 1. The number of hydrogen-bond donors (Lipinski definition) is 1. The molecule has 2 aromatic heterocycles. The van der Waals surface area contributed by atoms with Crippen LogP contribution in [0.1, 0.15) is 31.4 Å². The molecule has 2 aliphatic heterocycles. The Morgan fingerprint density at radius 1 is 1.18 bits per heavy atom. The van der Waals surface area contributed by atoms with Gasteiger partial charge in [-0.05, 0) is 55.9 Å². The Labute approximate surface area is 215 Å². The minimum atomic E-state index is 0. The zero-order chi connectivity index (χ0) is 22.0. The van der Waals surface area contributed by atoms with Crippen molar-refractivity contribution in [2.75, 3.05) is 57.9 Å². The normalized spacial score (nSPS) is 19.4. The van der Waals surface area contributed by atoms with Crippen molar-refractivity contribution in [3.8, 4) is 0 Å². The van der Waals surface area contributed by atoms with Crippen molar-refractivity contribution in [2.45, 2.75) is 32.1 Å². The molecule has 0 spiro atoms. The first kappa shape index (κ1) is 25.8. The van der Waals surface area contributed by atoms with E-state index in [1.807, 2.05) is 24.5 Å². The second-order valence-corrected chi connectivity index (χ2v) is 9.00. The Kier molecular flexibility index (Phi) is 10.8. The number of nitrogens with zero attached hydrogens (tertiary/aromatic N) is 4. The zero-order valence-electron chi connectivity index (χ0n) is 19.7. The van der Waals surface area contributed by atoms with E-state index < -0.39 is 0 Å². The van der Waals surface area contributed by atoms with Gasteiger partial charge in [-0.1, -0.05) is 0 Å². The van der Waals surface area contributed by atoms with Gasteiger partial charge < -0.3 is 24.3 Å².